The van der Waals surface area contributed by atoms with Crippen LogP contribution >= 0.6 is 0 Å². The molecule has 0 N–H and O–H groups in total. The van der Waals surface area contributed by atoms with Gasteiger partial charge in [0, 0.05) is 23.2 Å². The van der Waals surface area contributed by atoms with Gasteiger partial charge in [-0.2, -0.15) is 0 Å². The first-order chi connectivity index (χ1) is 11.1. The van der Waals surface area contributed by atoms with Crippen LogP contribution in [0.5, 0.6) is 0 Å². The van der Waals surface area contributed by atoms with Gasteiger partial charge < -0.3 is 4.57 Å². The lowest BCUT2D eigenvalue weighted by Crippen LogP contribution is -2.29. The van der Waals surface area contributed by atoms with E-state index in [1.807, 2.05) is 0 Å². The number of aryl methyl sites for hydroxylation is 1. The van der Waals surface area contributed by atoms with Crippen LogP contribution < -0.4 is 10.6 Å². The summed E-state index contributed by atoms with van der Waals surface area (Å²) in [5.74, 6) is 0.732. The van der Waals surface area contributed by atoms with E-state index in [0.29, 0.717) is 0 Å². The molecular formula is C22H31N. The minimum atomic E-state index is 0.732. The summed E-state index contributed by atoms with van der Waals surface area (Å²) in [5.41, 5.74) is 3.97. The zero-order valence-corrected chi connectivity index (χ0v) is 15.2. The highest BCUT2D eigenvalue weighted by Crippen LogP contribution is 2.23. The maximum atomic E-state index is 4.37. The lowest BCUT2D eigenvalue weighted by Gasteiger charge is -2.19. The predicted molar refractivity (Wildman–Crippen MR) is 103 cm³/mol. The molecule has 0 unspecified atom stereocenters. The van der Waals surface area contributed by atoms with Gasteiger partial charge in [0.15, 0.2) is 0 Å². The average Bonchev–Trinajstić information content (AvgIpc) is 2.87. The number of unbranched alkanes of at least 4 members (excludes halogenated alkanes) is 1. The maximum absolute atomic E-state index is 4.37. The number of rotatable bonds is 7. The highest BCUT2D eigenvalue weighted by molar-refractivity contribution is 5.64. The smallest absolute Gasteiger partial charge is 0.0493 e. The number of hydrogen-bond acceptors (Lipinski definition) is 0. The largest absolute Gasteiger partial charge is 0.341 e. The molecule has 0 saturated heterocycles. The number of hydrogen-bond donors (Lipinski definition) is 0. The minimum absolute atomic E-state index is 0.732. The van der Waals surface area contributed by atoms with E-state index in [1.165, 1.54) is 47.7 Å². The van der Waals surface area contributed by atoms with Gasteiger partial charge in [0.2, 0.25) is 0 Å². The van der Waals surface area contributed by atoms with Gasteiger partial charge in [0.05, 0.1) is 0 Å². The Balaban J connectivity index is 2.48. The Morgan fingerprint density at radius 1 is 1.22 bits per heavy atom. The van der Waals surface area contributed by atoms with Crippen LogP contribution in [-0.2, 0) is 6.54 Å². The number of aromatic nitrogens is 1. The SMILES string of the molecule is C=c1/c(=C\C)cc(-c2ccccc2C)n1C[C@@H](CC)CCCC. The van der Waals surface area contributed by atoms with Crippen LogP contribution in [0, 0.1) is 12.8 Å². The van der Waals surface area contributed by atoms with Crippen molar-refractivity contribution >= 4 is 12.7 Å². The Hall–Kier alpha value is -1.76. The molecule has 0 fully saturated rings. The molecule has 0 amide bonds. The van der Waals surface area contributed by atoms with Gasteiger partial charge in [-0.3, -0.25) is 0 Å². The summed E-state index contributed by atoms with van der Waals surface area (Å²) in [6.07, 6.45) is 7.31. The third-order valence-corrected chi connectivity index (χ3v) is 4.96. The zero-order chi connectivity index (χ0) is 16.8. The topological polar surface area (TPSA) is 4.93 Å². The summed E-state index contributed by atoms with van der Waals surface area (Å²) in [7, 11) is 0. The first-order valence-electron chi connectivity index (χ1n) is 9.03. The van der Waals surface area contributed by atoms with Crippen molar-refractivity contribution in [2.45, 2.75) is 59.9 Å². The van der Waals surface area contributed by atoms with E-state index in [9.17, 15) is 0 Å². The highest BCUT2D eigenvalue weighted by atomic mass is 15.0. The molecule has 1 heterocycles. The van der Waals surface area contributed by atoms with E-state index in [1.54, 1.807) is 0 Å². The van der Waals surface area contributed by atoms with Crippen LogP contribution in [-0.4, -0.2) is 4.57 Å². The monoisotopic (exact) mass is 309 g/mol. The van der Waals surface area contributed by atoms with E-state index >= 15 is 0 Å². The van der Waals surface area contributed by atoms with Gasteiger partial charge >= 0.3 is 0 Å². The number of nitrogens with zero attached hydrogens (tertiary/aromatic N) is 1. The Morgan fingerprint density at radius 2 is 1.96 bits per heavy atom. The summed E-state index contributed by atoms with van der Waals surface area (Å²) in [6.45, 7) is 14.3. The lowest BCUT2D eigenvalue weighted by atomic mass is 9.98. The molecule has 0 aliphatic carbocycles. The van der Waals surface area contributed by atoms with Crippen molar-refractivity contribution in [2.75, 3.05) is 0 Å². The van der Waals surface area contributed by atoms with Crippen molar-refractivity contribution in [3.63, 3.8) is 0 Å². The Bertz CT molecular complexity index is 736. The zero-order valence-electron chi connectivity index (χ0n) is 15.2. The molecule has 0 bridgehead atoms. The van der Waals surface area contributed by atoms with Gasteiger partial charge in [-0.15, -0.1) is 0 Å². The fraction of sp³-hybridized carbons (Fsp3) is 0.455. The lowest BCUT2D eigenvalue weighted by molar-refractivity contribution is 0.389. The summed E-state index contributed by atoms with van der Waals surface area (Å²) in [5, 5.41) is 2.41. The van der Waals surface area contributed by atoms with Crippen molar-refractivity contribution in [1.29, 1.82) is 0 Å². The normalized spacial score (nSPS) is 13.5. The third kappa shape index (κ3) is 3.96. The van der Waals surface area contributed by atoms with Crippen LogP contribution in [0.15, 0.2) is 30.3 Å². The van der Waals surface area contributed by atoms with Gasteiger partial charge in [-0.25, -0.2) is 0 Å². The van der Waals surface area contributed by atoms with Crippen molar-refractivity contribution in [3.8, 4) is 11.3 Å². The standard InChI is InChI=1S/C22H31N/c1-6-9-13-19(7-2)16-23-18(5)20(8-3)15-22(23)21-14-11-10-12-17(21)4/h8,10-12,14-15,19H,5-7,9,13,16H2,1-4H3/b20-8-/t19-/m0/s1. The van der Waals surface area contributed by atoms with Crippen LogP contribution in [0.4, 0.5) is 0 Å². The van der Waals surface area contributed by atoms with Crippen molar-refractivity contribution < 1.29 is 0 Å². The Kier molecular flexibility index (Phi) is 6.27. The highest BCUT2D eigenvalue weighted by Gasteiger charge is 2.13. The molecule has 0 aliphatic heterocycles. The maximum Gasteiger partial charge on any atom is 0.0493 e. The molecule has 0 spiro atoms. The van der Waals surface area contributed by atoms with E-state index in [2.05, 4.69) is 75.2 Å². The fourth-order valence-corrected chi connectivity index (χ4v) is 3.33. The quantitative estimate of drug-likeness (QED) is 0.686. The van der Waals surface area contributed by atoms with Gasteiger partial charge in [0.1, 0.15) is 0 Å². The van der Waals surface area contributed by atoms with Crippen LogP contribution in [0.2, 0.25) is 0 Å². The van der Waals surface area contributed by atoms with E-state index in [4.69, 9.17) is 0 Å². The summed E-state index contributed by atoms with van der Waals surface area (Å²) in [6, 6.07) is 11.0. The second-order valence-corrected chi connectivity index (χ2v) is 6.56. The van der Waals surface area contributed by atoms with Crippen molar-refractivity contribution in [2.24, 2.45) is 5.92 Å². The first-order valence-corrected chi connectivity index (χ1v) is 9.03. The number of benzene rings is 1. The van der Waals surface area contributed by atoms with E-state index in [-0.39, 0.29) is 0 Å². The van der Waals surface area contributed by atoms with Crippen molar-refractivity contribution in [3.05, 3.63) is 46.5 Å². The molecule has 23 heavy (non-hydrogen) atoms. The second-order valence-electron chi connectivity index (χ2n) is 6.56. The van der Waals surface area contributed by atoms with Crippen LogP contribution in [0.25, 0.3) is 23.9 Å². The predicted octanol–water partition coefficient (Wildman–Crippen LogP) is 4.89. The Morgan fingerprint density at radius 3 is 2.57 bits per heavy atom. The summed E-state index contributed by atoms with van der Waals surface area (Å²) in [4.78, 5) is 0. The molecule has 1 aromatic carbocycles. The van der Waals surface area contributed by atoms with Crippen LogP contribution in [0.1, 0.15) is 52.0 Å². The van der Waals surface area contributed by atoms with Crippen molar-refractivity contribution in [1.82, 2.24) is 4.57 Å². The van der Waals surface area contributed by atoms with E-state index in [0.717, 1.165) is 17.8 Å². The summed E-state index contributed by atoms with van der Waals surface area (Å²) >= 11 is 0. The van der Waals surface area contributed by atoms with Gasteiger partial charge in [-0.1, -0.05) is 70.0 Å². The first kappa shape index (κ1) is 17.6. The minimum Gasteiger partial charge on any atom is -0.341 e. The molecule has 2 rings (SSSR count). The molecule has 1 aromatic heterocycles. The average molecular weight is 309 g/mol. The fourth-order valence-electron chi connectivity index (χ4n) is 3.33. The molecule has 124 valence electrons. The summed E-state index contributed by atoms with van der Waals surface area (Å²) < 4.78 is 2.45. The molecule has 0 radical (unpaired) electrons. The second kappa shape index (κ2) is 8.19. The molecular weight excluding hydrogens is 278 g/mol. The molecule has 0 aliphatic rings. The molecule has 1 heteroatoms. The van der Waals surface area contributed by atoms with Gasteiger partial charge in [-0.05, 0) is 43.0 Å². The molecule has 2 aromatic rings. The van der Waals surface area contributed by atoms with Crippen LogP contribution in [0.3, 0.4) is 0 Å². The Labute approximate surface area is 141 Å². The van der Waals surface area contributed by atoms with E-state index < -0.39 is 0 Å². The third-order valence-electron chi connectivity index (χ3n) is 4.96. The molecule has 0 saturated carbocycles. The molecule has 1 nitrogen and oxygen atoms in total. The van der Waals surface area contributed by atoms with Gasteiger partial charge in [0.25, 0.3) is 0 Å². The molecule has 1 atom stereocenters.